The zero-order valence-electron chi connectivity index (χ0n) is 19.5. The Hall–Kier alpha value is -3.71. The Labute approximate surface area is 203 Å². The van der Waals surface area contributed by atoms with Gasteiger partial charge < -0.3 is 19.5 Å². The zero-order chi connectivity index (χ0) is 24.0. The first-order chi connectivity index (χ1) is 17.2. The molecule has 180 valence electrons. The van der Waals surface area contributed by atoms with Crippen molar-refractivity contribution < 1.29 is 18.4 Å². The number of nitrogens with zero attached hydrogens (tertiary/aromatic N) is 2. The maximum absolute atomic E-state index is 13.4. The third-order valence-corrected chi connectivity index (χ3v) is 6.47. The van der Waals surface area contributed by atoms with E-state index in [-0.39, 0.29) is 11.7 Å². The van der Waals surface area contributed by atoms with Gasteiger partial charge in [0.2, 0.25) is 0 Å². The van der Waals surface area contributed by atoms with Gasteiger partial charge in [0, 0.05) is 35.2 Å². The Kier molecular flexibility index (Phi) is 7.04. The highest BCUT2D eigenvalue weighted by Crippen LogP contribution is 2.32. The Morgan fingerprint density at radius 2 is 1.83 bits per heavy atom. The molecule has 0 bridgehead atoms. The van der Waals surface area contributed by atoms with E-state index < -0.39 is 0 Å². The first-order valence-corrected chi connectivity index (χ1v) is 12.0. The van der Waals surface area contributed by atoms with E-state index in [0.717, 1.165) is 61.4 Å². The van der Waals surface area contributed by atoms with Crippen LogP contribution in [0.2, 0.25) is 0 Å². The van der Waals surface area contributed by atoms with Crippen molar-refractivity contribution >= 4 is 22.6 Å². The Morgan fingerprint density at radius 3 is 2.60 bits per heavy atom. The maximum atomic E-state index is 13.4. The standard InChI is InChI=1S/C28H28FN3O3/c29-22-7-12-25-26(19-22)35-31-27(25)20-13-16-32(17-14-20)15-4-18-34-24-10-8-23(9-11-24)30-28(33)21-5-2-1-3-6-21/h1-3,5-12,19-20H,4,13-18H2,(H,30,33). The lowest BCUT2D eigenvalue weighted by molar-refractivity contribution is 0.102. The van der Waals surface area contributed by atoms with E-state index in [2.05, 4.69) is 15.4 Å². The van der Waals surface area contributed by atoms with Gasteiger partial charge in [-0.2, -0.15) is 0 Å². The van der Waals surface area contributed by atoms with Crippen LogP contribution in [-0.2, 0) is 0 Å². The minimum atomic E-state index is -0.303. The van der Waals surface area contributed by atoms with Gasteiger partial charge in [0.05, 0.1) is 12.3 Å². The topological polar surface area (TPSA) is 67.6 Å². The molecule has 0 aliphatic carbocycles. The molecule has 0 spiro atoms. The Balaban J connectivity index is 1.03. The third-order valence-electron chi connectivity index (χ3n) is 6.47. The van der Waals surface area contributed by atoms with Crippen LogP contribution in [-0.4, -0.2) is 42.2 Å². The molecule has 4 aromatic rings. The Bertz CT molecular complexity index is 1270. The summed E-state index contributed by atoms with van der Waals surface area (Å²) in [5, 5.41) is 8.04. The average Bonchev–Trinajstić information content (AvgIpc) is 3.31. The van der Waals surface area contributed by atoms with Gasteiger partial charge in [-0.15, -0.1) is 0 Å². The molecular weight excluding hydrogens is 445 g/mol. The molecule has 3 aromatic carbocycles. The molecule has 1 N–H and O–H groups in total. The fourth-order valence-electron chi connectivity index (χ4n) is 4.56. The van der Waals surface area contributed by atoms with Crippen molar-refractivity contribution in [3.63, 3.8) is 0 Å². The number of benzene rings is 3. The van der Waals surface area contributed by atoms with Gasteiger partial charge in [0.25, 0.3) is 5.91 Å². The zero-order valence-corrected chi connectivity index (χ0v) is 19.5. The smallest absolute Gasteiger partial charge is 0.255 e. The number of carbonyl (C=O) groups is 1. The highest BCUT2D eigenvalue weighted by Gasteiger charge is 2.25. The first kappa shape index (κ1) is 23.1. The second kappa shape index (κ2) is 10.7. The SMILES string of the molecule is O=C(Nc1ccc(OCCCN2CCC(c3noc4cc(F)ccc34)CC2)cc1)c1ccccc1. The molecule has 0 saturated carbocycles. The van der Waals surface area contributed by atoms with Crippen LogP contribution in [0.15, 0.2) is 77.3 Å². The minimum Gasteiger partial charge on any atom is -0.494 e. The van der Waals surface area contributed by atoms with Crippen molar-refractivity contribution in [3.8, 4) is 5.75 Å². The van der Waals surface area contributed by atoms with E-state index in [1.807, 2.05) is 42.5 Å². The van der Waals surface area contributed by atoms with Crippen molar-refractivity contribution in [2.45, 2.75) is 25.2 Å². The number of hydrogen-bond donors (Lipinski definition) is 1. The van der Waals surface area contributed by atoms with Crippen molar-refractivity contribution in [2.75, 3.05) is 31.6 Å². The summed E-state index contributed by atoms with van der Waals surface area (Å²) in [5.41, 5.74) is 2.83. The lowest BCUT2D eigenvalue weighted by Crippen LogP contribution is -2.34. The van der Waals surface area contributed by atoms with Crippen LogP contribution < -0.4 is 10.1 Å². The molecule has 1 aromatic heterocycles. The van der Waals surface area contributed by atoms with Crippen LogP contribution >= 0.6 is 0 Å². The van der Waals surface area contributed by atoms with Gasteiger partial charge in [-0.25, -0.2) is 4.39 Å². The van der Waals surface area contributed by atoms with Gasteiger partial charge in [-0.3, -0.25) is 4.79 Å². The summed E-state index contributed by atoms with van der Waals surface area (Å²) >= 11 is 0. The summed E-state index contributed by atoms with van der Waals surface area (Å²) in [7, 11) is 0. The van der Waals surface area contributed by atoms with E-state index in [0.29, 0.717) is 23.7 Å². The number of anilines is 1. The number of halogens is 1. The molecule has 2 heterocycles. The number of carbonyl (C=O) groups excluding carboxylic acids is 1. The second-order valence-electron chi connectivity index (χ2n) is 8.87. The largest absolute Gasteiger partial charge is 0.494 e. The van der Waals surface area contributed by atoms with E-state index >= 15 is 0 Å². The van der Waals surface area contributed by atoms with Crippen LogP contribution in [0.3, 0.4) is 0 Å². The number of piperidine rings is 1. The van der Waals surface area contributed by atoms with Crippen LogP contribution in [0.25, 0.3) is 11.0 Å². The molecule has 1 amide bonds. The van der Waals surface area contributed by atoms with Gasteiger partial charge in [-0.1, -0.05) is 23.4 Å². The van der Waals surface area contributed by atoms with Crippen LogP contribution in [0.5, 0.6) is 5.75 Å². The minimum absolute atomic E-state index is 0.131. The monoisotopic (exact) mass is 473 g/mol. The van der Waals surface area contributed by atoms with Gasteiger partial charge in [-0.05, 0) is 80.9 Å². The van der Waals surface area contributed by atoms with Crippen LogP contribution in [0.1, 0.15) is 41.2 Å². The molecule has 1 aliphatic heterocycles. The molecule has 0 atom stereocenters. The molecule has 0 radical (unpaired) electrons. The number of rotatable bonds is 8. The average molecular weight is 474 g/mol. The van der Waals surface area contributed by atoms with Crippen LogP contribution in [0.4, 0.5) is 10.1 Å². The predicted octanol–water partition coefficient (Wildman–Crippen LogP) is 5.87. The second-order valence-corrected chi connectivity index (χ2v) is 8.87. The molecule has 6 nitrogen and oxygen atoms in total. The van der Waals surface area contributed by atoms with Gasteiger partial charge in [0.15, 0.2) is 5.58 Å². The first-order valence-electron chi connectivity index (χ1n) is 12.0. The number of fused-ring (bicyclic) bond motifs is 1. The number of nitrogens with one attached hydrogen (secondary N) is 1. The predicted molar refractivity (Wildman–Crippen MR) is 133 cm³/mol. The van der Waals surface area contributed by atoms with Gasteiger partial charge in [0.1, 0.15) is 11.6 Å². The lowest BCUT2D eigenvalue weighted by atomic mass is 9.91. The molecule has 0 unspecified atom stereocenters. The summed E-state index contributed by atoms with van der Waals surface area (Å²) in [6.45, 7) is 3.60. The summed E-state index contributed by atoms with van der Waals surface area (Å²) < 4.78 is 24.6. The van der Waals surface area contributed by atoms with Crippen molar-refractivity contribution in [2.24, 2.45) is 0 Å². The highest BCUT2D eigenvalue weighted by molar-refractivity contribution is 6.04. The molecule has 1 saturated heterocycles. The summed E-state index contributed by atoms with van der Waals surface area (Å²) in [6, 6.07) is 21.2. The molecule has 35 heavy (non-hydrogen) atoms. The third kappa shape index (κ3) is 5.69. The molecule has 1 aliphatic rings. The number of amides is 1. The summed E-state index contributed by atoms with van der Waals surface area (Å²) in [4.78, 5) is 14.7. The number of aromatic nitrogens is 1. The van der Waals surface area contributed by atoms with E-state index in [1.54, 1.807) is 18.2 Å². The molecule has 1 fully saturated rings. The molecular formula is C28H28FN3O3. The lowest BCUT2D eigenvalue weighted by Gasteiger charge is -2.31. The maximum Gasteiger partial charge on any atom is 0.255 e. The number of likely N-dealkylation sites (tertiary alicyclic amines) is 1. The van der Waals surface area contributed by atoms with Crippen molar-refractivity contribution in [1.29, 1.82) is 0 Å². The number of hydrogen-bond acceptors (Lipinski definition) is 5. The molecule has 7 heteroatoms. The Morgan fingerprint density at radius 1 is 1.06 bits per heavy atom. The van der Waals surface area contributed by atoms with Crippen LogP contribution in [0, 0.1) is 5.82 Å². The quantitative estimate of drug-likeness (QED) is 0.324. The summed E-state index contributed by atoms with van der Waals surface area (Å²) in [5.74, 6) is 0.697. The van der Waals surface area contributed by atoms with E-state index in [1.165, 1.54) is 12.1 Å². The van der Waals surface area contributed by atoms with Crippen molar-refractivity contribution in [3.05, 3.63) is 89.9 Å². The van der Waals surface area contributed by atoms with Gasteiger partial charge >= 0.3 is 0 Å². The number of ether oxygens (including phenoxy) is 1. The fourth-order valence-corrected chi connectivity index (χ4v) is 4.56. The summed E-state index contributed by atoms with van der Waals surface area (Å²) in [6.07, 6.45) is 2.95. The van der Waals surface area contributed by atoms with E-state index in [4.69, 9.17) is 9.26 Å². The fraction of sp³-hybridized carbons (Fsp3) is 0.286. The van der Waals surface area contributed by atoms with E-state index in [9.17, 15) is 9.18 Å². The van der Waals surface area contributed by atoms with Crippen molar-refractivity contribution in [1.82, 2.24) is 10.1 Å². The molecule has 5 rings (SSSR count). The normalized spacial score (nSPS) is 14.8. The highest BCUT2D eigenvalue weighted by atomic mass is 19.1.